The van der Waals surface area contributed by atoms with Gasteiger partial charge in [0.25, 0.3) is 0 Å². The summed E-state index contributed by atoms with van der Waals surface area (Å²) >= 11 is 0. The van der Waals surface area contributed by atoms with Gasteiger partial charge in [0.2, 0.25) is 11.6 Å². The molecule has 2 aromatic rings. The Morgan fingerprint density at radius 3 is 2.95 bits per heavy atom. The number of anilines is 1. The van der Waals surface area contributed by atoms with E-state index < -0.39 is 0 Å². The van der Waals surface area contributed by atoms with E-state index >= 15 is 0 Å². The van der Waals surface area contributed by atoms with Gasteiger partial charge in [-0.15, -0.1) is 16.8 Å². The maximum Gasteiger partial charge on any atom is 0.234 e. The molecule has 1 amide bonds. The highest BCUT2D eigenvalue weighted by atomic mass is 16.2. The molecule has 3 heterocycles. The van der Waals surface area contributed by atoms with E-state index in [1.165, 1.54) is 0 Å². The molecule has 1 fully saturated rings. The Labute approximate surface area is 128 Å². The van der Waals surface area contributed by atoms with Gasteiger partial charge in [-0.3, -0.25) is 14.1 Å². The smallest absolute Gasteiger partial charge is 0.234 e. The molecule has 0 bridgehead atoms. The van der Waals surface area contributed by atoms with Crippen LogP contribution in [0.3, 0.4) is 0 Å². The number of fused-ring (bicyclic) bond motifs is 1. The topological polar surface area (TPSA) is 78.7 Å². The third-order valence-corrected chi connectivity index (χ3v) is 3.68. The van der Waals surface area contributed by atoms with Crippen LogP contribution in [0.4, 0.5) is 5.82 Å². The van der Waals surface area contributed by atoms with Crippen molar-refractivity contribution in [2.45, 2.75) is 0 Å². The number of carbonyl (C=O) groups excluding carboxylic acids is 1. The molecule has 0 atom stereocenters. The first kappa shape index (κ1) is 14.5. The number of carbonyl (C=O) groups is 1. The number of piperazine rings is 1. The second-order valence-electron chi connectivity index (χ2n) is 5.17. The molecule has 8 heteroatoms. The summed E-state index contributed by atoms with van der Waals surface area (Å²) in [6.45, 7) is 7.78. The molecule has 0 unspecified atom stereocenters. The predicted octanol–water partition coefficient (Wildman–Crippen LogP) is -0.451. The predicted molar refractivity (Wildman–Crippen MR) is 82.6 cm³/mol. The van der Waals surface area contributed by atoms with E-state index in [4.69, 9.17) is 0 Å². The van der Waals surface area contributed by atoms with Crippen LogP contribution in [0, 0.1) is 0 Å². The minimum atomic E-state index is 0.0334. The normalized spacial score (nSPS) is 15.9. The van der Waals surface area contributed by atoms with Crippen LogP contribution in [0.25, 0.3) is 5.65 Å². The van der Waals surface area contributed by atoms with E-state index in [0.29, 0.717) is 13.1 Å². The van der Waals surface area contributed by atoms with Crippen molar-refractivity contribution < 1.29 is 4.79 Å². The number of aromatic nitrogens is 4. The molecule has 0 radical (unpaired) electrons. The number of amides is 1. The van der Waals surface area contributed by atoms with Crippen LogP contribution in [0.15, 0.2) is 31.4 Å². The molecule has 116 valence electrons. The maximum absolute atomic E-state index is 11.7. The lowest BCUT2D eigenvalue weighted by Crippen LogP contribution is -2.49. The van der Waals surface area contributed by atoms with Crippen molar-refractivity contribution in [2.75, 3.05) is 44.2 Å². The van der Waals surface area contributed by atoms with Gasteiger partial charge in [-0.05, 0) is 0 Å². The van der Waals surface area contributed by atoms with Crippen molar-refractivity contribution >= 4 is 17.4 Å². The lowest BCUT2D eigenvalue weighted by atomic mass is 10.3. The average molecular weight is 301 g/mol. The molecule has 1 aliphatic rings. The van der Waals surface area contributed by atoms with Crippen LogP contribution >= 0.6 is 0 Å². The van der Waals surface area contributed by atoms with Crippen LogP contribution in [0.5, 0.6) is 0 Å². The van der Waals surface area contributed by atoms with Crippen molar-refractivity contribution in [2.24, 2.45) is 0 Å². The third-order valence-electron chi connectivity index (χ3n) is 3.68. The van der Waals surface area contributed by atoms with E-state index in [2.05, 4.69) is 36.9 Å². The Balaban J connectivity index is 1.59. The number of hydrogen-bond acceptors (Lipinski definition) is 6. The monoisotopic (exact) mass is 301 g/mol. The molecule has 1 N–H and O–H groups in total. The van der Waals surface area contributed by atoms with Gasteiger partial charge in [0.15, 0.2) is 5.82 Å². The van der Waals surface area contributed by atoms with Crippen LogP contribution in [-0.2, 0) is 4.79 Å². The molecule has 3 rings (SSSR count). The zero-order valence-electron chi connectivity index (χ0n) is 12.4. The summed E-state index contributed by atoms with van der Waals surface area (Å²) in [6.07, 6.45) is 6.93. The zero-order chi connectivity index (χ0) is 15.4. The third kappa shape index (κ3) is 3.06. The van der Waals surface area contributed by atoms with Gasteiger partial charge < -0.3 is 10.2 Å². The quantitative estimate of drug-likeness (QED) is 0.754. The fourth-order valence-corrected chi connectivity index (χ4v) is 2.53. The molecule has 0 spiro atoms. The molecule has 0 aliphatic carbocycles. The Kier molecular flexibility index (Phi) is 4.29. The summed E-state index contributed by atoms with van der Waals surface area (Å²) < 4.78 is 1.86. The van der Waals surface area contributed by atoms with Gasteiger partial charge in [0.1, 0.15) is 6.33 Å². The lowest BCUT2D eigenvalue weighted by Gasteiger charge is -2.34. The van der Waals surface area contributed by atoms with Gasteiger partial charge in [-0.2, -0.15) is 0 Å². The van der Waals surface area contributed by atoms with Crippen molar-refractivity contribution in [1.82, 2.24) is 29.8 Å². The van der Waals surface area contributed by atoms with Gasteiger partial charge in [-0.25, -0.2) is 4.98 Å². The van der Waals surface area contributed by atoms with Gasteiger partial charge in [-0.1, -0.05) is 6.08 Å². The van der Waals surface area contributed by atoms with Crippen LogP contribution in [-0.4, -0.2) is 69.7 Å². The van der Waals surface area contributed by atoms with Crippen molar-refractivity contribution in [1.29, 1.82) is 0 Å². The molecule has 1 aliphatic heterocycles. The highest BCUT2D eigenvalue weighted by molar-refractivity contribution is 5.78. The lowest BCUT2D eigenvalue weighted by molar-refractivity contribution is -0.122. The summed E-state index contributed by atoms with van der Waals surface area (Å²) in [6, 6.07) is 0. The van der Waals surface area contributed by atoms with Gasteiger partial charge in [0.05, 0.1) is 6.54 Å². The number of nitrogens with one attached hydrogen (secondary N) is 1. The molecule has 0 saturated carbocycles. The Hall–Kier alpha value is -2.48. The van der Waals surface area contributed by atoms with Crippen molar-refractivity contribution in [3.8, 4) is 0 Å². The summed E-state index contributed by atoms with van der Waals surface area (Å²) in [5.74, 6) is 0.877. The minimum Gasteiger partial charge on any atom is -0.352 e. The minimum absolute atomic E-state index is 0.0334. The highest BCUT2D eigenvalue weighted by Crippen LogP contribution is 2.17. The zero-order valence-corrected chi connectivity index (χ0v) is 12.4. The number of hydrogen-bond donors (Lipinski definition) is 1. The summed E-state index contributed by atoms with van der Waals surface area (Å²) in [7, 11) is 0. The second kappa shape index (κ2) is 6.52. The van der Waals surface area contributed by atoms with E-state index in [0.717, 1.165) is 37.6 Å². The maximum atomic E-state index is 11.7. The van der Waals surface area contributed by atoms with E-state index in [-0.39, 0.29) is 5.91 Å². The molecule has 1 saturated heterocycles. The Bertz CT molecular complexity index is 660. The van der Waals surface area contributed by atoms with Gasteiger partial charge >= 0.3 is 0 Å². The standard InChI is InChI=1S/C14H19N7O/c1-2-3-15-12(22)10-19-6-8-20(9-7-19)13-14-18-17-11-21(14)5-4-16-13/h2,4-5,11H,1,3,6-10H2,(H,15,22). The van der Waals surface area contributed by atoms with Crippen molar-refractivity contribution in [3.05, 3.63) is 31.4 Å². The second-order valence-corrected chi connectivity index (χ2v) is 5.17. The van der Waals surface area contributed by atoms with Crippen LogP contribution < -0.4 is 10.2 Å². The fraction of sp³-hybridized carbons (Fsp3) is 0.429. The van der Waals surface area contributed by atoms with E-state index in [1.54, 1.807) is 18.6 Å². The first-order valence-electron chi connectivity index (χ1n) is 7.27. The largest absolute Gasteiger partial charge is 0.352 e. The van der Waals surface area contributed by atoms with Crippen LogP contribution in [0.1, 0.15) is 0 Å². The fourth-order valence-electron chi connectivity index (χ4n) is 2.53. The first-order valence-corrected chi connectivity index (χ1v) is 7.27. The summed E-state index contributed by atoms with van der Waals surface area (Å²) in [5.41, 5.74) is 0.764. The highest BCUT2D eigenvalue weighted by Gasteiger charge is 2.21. The summed E-state index contributed by atoms with van der Waals surface area (Å²) in [5, 5.41) is 10.8. The van der Waals surface area contributed by atoms with Crippen molar-refractivity contribution in [3.63, 3.8) is 0 Å². The number of rotatable bonds is 5. The molecule has 0 aromatic carbocycles. The SMILES string of the molecule is C=CCNC(=O)CN1CCN(c2nccn3cnnc23)CC1. The van der Waals surface area contributed by atoms with Gasteiger partial charge in [0, 0.05) is 45.1 Å². The molecule has 22 heavy (non-hydrogen) atoms. The molecular weight excluding hydrogens is 282 g/mol. The Morgan fingerprint density at radius 2 is 2.18 bits per heavy atom. The molecular formula is C14H19N7O. The van der Waals surface area contributed by atoms with Crippen LogP contribution in [0.2, 0.25) is 0 Å². The van der Waals surface area contributed by atoms with E-state index in [9.17, 15) is 4.79 Å². The Morgan fingerprint density at radius 1 is 1.36 bits per heavy atom. The molecule has 2 aromatic heterocycles. The number of nitrogens with zero attached hydrogens (tertiary/aromatic N) is 6. The van der Waals surface area contributed by atoms with E-state index in [1.807, 2.05) is 10.6 Å². The average Bonchev–Trinajstić information content (AvgIpc) is 3.02. The first-order chi connectivity index (χ1) is 10.8. The summed E-state index contributed by atoms with van der Waals surface area (Å²) in [4.78, 5) is 20.5. The molecule has 8 nitrogen and oxygen atoms in total.